The lowest BCUT2D eigenvalue weighted by Gasteiger charge is -2.26. The van der Waals surface area contributed by atoms with E-state index in [0.717, 1.165) is 30.4 Å². The molecule has 0 heterocycles. The third kappa shape index (κ3) is 5.60. The Bertz CT molecular complexity index is 1280. The fourth-order valence-corrected chi connectivity index (χ4v) is 3.69. The van der Waals surface area contributed by atoms with Gasteiger partial charge in [0, 0.05) is 23.5 Å². The predicted octanol–water partition coefficient (Wildman–Crippen LogP) is 6.41. The van der Waals surface area contributed by atoms with Crippen LogP contribution in [-0.4, -0.2) is 26.0 Å². The Morgan fingerprint density at radius 2 is 1.05 bits per heavy atom. The fourth-order valence-electron chi connectivity index (χ4n) is 3.69. The van der Waals surface area contributed by atoms with E-state index < -0.39 is 40.1 Å². The topological polar surface area (TPSA) is 61.8 Å². The van der Waals surface area contributed by atoms with Crippen LogP contribution >= 0.6 is 0 Å². The standard InChI is InChI=1S/C28H26F4O5/c1-17(33)27(29,30)20-14-21(16-24(15-20)36-5)28(31,32)25(34)37-23-12-8-19(9-13-23)26(2,3)18-6-10-22(35-4)11-7-18/h6-16H,1-5H3. The molecule has 9 heteroatoms. The van der Waals surface area contributed by atoms with E-state index in [0.29, 0.717) is 18.7 Å². The number of benzene rings is 3. The van der Waals surface area contributed by atoms with Crippen molar-refractivity contribution in [2.24, 2.45) is 0 Å². The molecule has 0 aliphatic rings. The van der Waals surface area contributed by atoms with Crippen molar-refractivity contribution in [1.29, 1.82) is 0 Å². The summed E-state index contributed by atoms with van der Waals surface area (Å²) >= 11 is 0. The number of ether oxygens (including phenoxy) is 3. The molecule has 0 aliphatic heterocycles. The quantitative estimate of drug-likeness (QED) is 0.186. The van der Waals surface area contributed by atoms with Gasteiger partial charge in [0.2, 0.25) is 5.78 Å². The summed E-state index contributed by atoms with van der Waals surface area (Å²) in [6, 6.07) is 15.4. The molecular weight excluding hydrogens is 492 g/mol. The van der Waals surface area contributed by atoms with Gasteiger partial charge in [0.25, 0.3) is 0 Å². The van der Waals surface area contributed by atoms with E-state index in [1.165, 1.54) is 12.1 Å². The molecule has 0 fully saturated rings. The first-order valence-electron chi connectivity index (χ1n) is 11.2. The molecule has 0 amide bonds. The summed E-state index contributed by atoms with van der Waals surface area (Å²) in [5, 5.41) is 0. The summed E-state index contributed by atoms with van der Waals surface area (Å²) in [5.74, 6) is -11.7. The van der Waals surface area contributed by atoms with Crippen LogP contribution in [0.1, 0.15) is 43.0 Å². The van der Waals surface area contributed by atoms with E-state index in [-0.39, 0.29) is 11.5 Å². The summed E-state index contributed by atoms with van der Waals surface area (Å²) < 4.78 is 73.4. The number of rotatable bonds is 9. The van der Waals surface area contributed by atoms with Crippen molar-refractivity contribution in [2.45, 2.75) is 38.0 Å². The molecule has 0 aliphatic carbocycles. The Morgan fingerprint density at radius 3 is 1.49 bits per heavy atom. The number of halogens is 4. The van der Waals surface area contributed by atoms with Crippen molar-refractivity contribution >= 4 is 11.8 Å². The predicted molar refractivity (Wildman–Crippen MR) is 129 cm³/mol. The van der Waals surface area contributed by atoms with Crippen LogP contribution in [0, 0.1) is 0 Å². The lowest BCUT2D eigenvalue weighted by molar-refractivity contribution is -0.163. The summed E-state index contributed by atoms with van der Waals surface area (Å²) in [7, 11) is 2.65. The molecular formula is C28H26F4O5. The molecule has 0 saturated heterocycles. The van der Waals surface area contributed by atoms with Gasteiger partial charge in [0.05, 0.1) is 14.2 Å². The number of carbonyl (C=O) groups excluding carboxylic acids is 2. The van der Waals surface area contributed by atoms with Crippen molar-refractivity contribution in [3.8, 4) is 17.2 Å². The van der Waals surface area contributed by atoms with Gasteiger partial charge in [-0.05, 0) is 53.6 Å². The largest absolute Gasteiger partial charge is 0.497 e. The number of esters is 1. The summed E-state index contributed by atoms with van der Waals surface area (Å²) in [6.07, 6.45) is 0. The van der Waals surface area contributed by atoms with Crippen molar-refractivity contribution in [3.63, 3.8) is 0 Å². The van der Waals surface area contributed by atoms with Crippen LogP contribution in [0.25, 0.3) is 0 Å². The summed E-state index contributed by atoms with van der Waals surface area (Å²) in [6.45, 7) is 4.58. The molecule has 3 aromatic rings. The Morgan fingerprint density at radius 1 is 0.622 bits per heavy atom. The van der Waals surface area contributed by atoms with E-state index in [4.69, 9.17) is 14.2 Å². The zero-order valence-corrected chi connectivity index (χ0v) is 20.9. The summed E-state index contributed by atoms with van der Waals surface area (Å²) in [4.78, 5) is 23.8. The van der Waals surface area contributed by atoms with E-state index in [9.17, 15) is 18.4 Å². The van der Waals surface area contributed by atoms with Gasteiger partial charge in [-0.3, -0.25) is 4.79 Å². The van der Waals surface area contributed by atoms with Gasteiger partial charge in [-0.2, -0.15) is 17.6 Å². The van der Waals surface area contributed by atoms with Gasteiger partial charge < -0.3 is 14.2 Å². The molecule has 0 N–H and O–H groups in total. The third-order valence-electron chi connectivity index (χ3n) is 6.16. The SMILES string of the molecule is COc1ccc(C(C)(C)c2ccc(OC(=O)C(F)(F)c3cc(OC)cc(C(F)(F)C(C)=O)c3)cc2)cc1. The lowest BCUT2D eigenvalue weighted by atomic mass is 9.78. The van der Waals surface area contributed by atoms with Gasteiger partial charge in [0.1, 0.15) is 17.2 Å². The average Bonchev–Trinajstić information content (AvgIpc) is 2.88. The molecule has 37 heavy (non-hydrogen) atoms. The van der Waals surface area contributed by atoms with Gasteiger partial charge in [0.15, 0.2) is 0 Å². The monoisotopic (exact) mass is 518 g/mol. The highest BCUT2D eigenvalue weighted by Gasteiger charge is 2.46. The van der Waals surface area contributed by atoms with Gasteiger partial charge in [-0.15, -0.1) is 0 Å². The smallest absolute Gasteiger partial charge is 0.387 e. The first kappa shape index (κ1) is 27.7. The van der Waals surface area contributed by atoms with E-state index >= 15 is 8.78 Å². The minimum atomic E-state index is -4.31. The molecule has 0 unspecified atom stereocenters. The first-order valence-corrected chi connectivity index (χ1v) is 11.2. The van der Waals surface area contributed by atoms with Crippen molar-refractivity contribution in [1.82, 2.24) is 0 Å². The van der Waals surface area contributed by atoms with E-state index in [2.05, 4.69) is 0 Å². The molecule has 3 aromatic carbocycles. The van der Waals surface area contributed by atoms with Crippen LogP contribution in [0.2, 0.25) is 0 Å². The number of carbonyl (C=O) groups is 2. The van der Waals surface area contributed by atoms with Crippen molar-refractivity contribution in [3.05, 3.63) is 89.0 Å². The van der Waals surface area contributed by atoms with Crippen LogP contribution in [0.4, 0.5) is 17.6 Å². The molecule has 0 spiro atoms. The molecule has 0 aromatic heterocycles. The second-order valence-corrected chi connectivity index (χ2v) is 8.92. The maximum Gasteiger partial charge on any atom is 0.387 e. The van der Waals surface area contributed by atoms with Gasteiger partial charge in [-0.25, -0.2) is 4.79 Å². The van der Waals surface area contributed by atoms with Crippen LogP contribution in [0.15, 0.2) is 66.7 Å². The number of alkyl halides is 4. The number of hydrogen-bond acceptors (Lipinski definition) is 5. The second-order valence-electron chi connectivity index (χ2n) is 8.92. The third-order valence-corrected chi connectivity index (χ3v) is 6.16. The molecule has 0 saturated carbocycles. The van der Waals surface area contributed by atoms with Crippen LogP contribution in [-0.2, 0) is 26.8 Å². The Kier molecular flexibility index (Phi) is 7.67. The average molecular weight is 519 g/mol. The highest BCUT2D eigenvalue weighted by molar-refractivity contribution is 5.85. The minimum Gasteiger partial charge on any atom is -0.497 e. The lowest BCUT2D eigenvalue weighted by Crippen LogP contribution is -2.31. The zero-order valence-electron chi connectivity index (χ0n) is 20.9. The Balaban J connectivity index is 1.85. The minimum absolute atomic E-state index is 0.156. The van der Waals surface area contributed by atoms with Crippen LogP contribution in [0.3, 0.4) is 0 Å². The van der Waals surface area contributed by atoms with E-state index in [1.807, 2.05) is 38.1 Å². The van der Waals surface area contributed by atoms with Gasteiger partial charge >= 0.3 is 17.8 Å². The Labute approximate surface area is 212 Å². The van der Waals surface area contributed by atoms with Crippen molar-refractivity contribution in [2.75, 3.05) is 14.2 Å². The van der Waals surface area contributed by atoms with Crippen LogP contribution < -0.4 is 14.2 Å². The van der Waals surface area contributed by atoms with Gasteiger partial charge in [-0.1, -0.05) is 38.1 Å². The molecule has 0 radical (unpaired) electrons. The summed E-state index contributed by atoms with van der Waals surface area (Å²) in [5.41, 5.74) is -0.775. The number of hydrogen-bond donors (Lipinski definition) is 0. The van der Waals surface area contributed by atoms with E-state index in [1.54, 1.807) is 19.2 Å². The Hall–Kier alpha value is -3.88. The molecule has 0 atom stereocenters. The highest BCUT2D eigenvalue weighted by atomic mass is 19.3. The molecule has 5 nitrogen and oxygen atoms in total. The molecule has 196 valence electrons. The first-order chi connectivity index (χ1) is 17.2. The van der Waals surface area contributed by atoms with Crippen molar-refractivity contribution < 1.29 is 41.4 Å². The zero-order chi connectivity index (χ0) is 27.6. The fraction of sp³-hybridized carbons (Fsp3) is 0.286. The van der Waals surface area contributed by atoms with Crippen LogP contribution in [0.5, 0.6) is 17.2 Å². The second kappa shape index (κ2) is 10.2. The normalized spacial score (nSPS) is 12.1. The maximum absolute atomic E-state index is 15.0. The number of methoxy groups -OCH3 is 2. The molecule has 3 rings (SSSR count). The number of ketones is 1. The molecule has 0 bridgehead atoms. The maximum atomic E-state index is 15.0. The highest BCUT2D eigenvalue weighted by Crippen LogP contribution is 2.39. The number of Topliss-reactive ketones (excluding diaryl/α,β-unsaturated/α-hetero) is 1.